The summed E-state index contributed by atoms with van der Waals surface area (Å²) in [5.74, 6) is 1.63. The molecule has 4 aliphatic rings. The highest BCUT2D eigenvalue weighted by molar-refractivity contribution is 5.87. The van der Waals surface area contributed by atoms with Gasteiger partial charge in [0.2, 0.25) is 0 Å². The Hall–Kier alpha value is -1.37. The number of allylic oxidation sites excluding steroid dienone is 8. The molecule has 1 saturated carbocycles. The molecule has 0 aromatic heterocycles. The maximum atomic E-state index is 12.3. The van der Waals surface area contributed by atoms with Gasteiger partial charge in [-0.05, 0) is 43.6 Å². The molecule has 0 N–H and O–H groups in total. The number of carbonyl (C=O) groups excluding carboxylic acids is 1. The number of ketones is 1. The first-order valence-electron chi connectivity index (χ1n) is 7.86. The Morgan fingerprint density at radius 2 is 2.05 bits per heavy atom. The number of hydrogen-bond donors (Lipinski definition) is 0. The smallest absolute Gasteiger partial charge is 0.139 e. The van der Waals surface area contributed by atoms with E-state index in [1.54, 1.807) is 5.57 Å². The van der Waals surface area contributed by atoms with E-state index in [0.717, 1.165) is 25.7 Å². The van der Waals surface area contributed by atoms with Crippen molar-refractivity contribution in [1.82, 2.24) is 0 Å². The average molecular weight is 266 g/mol. The third kappa shape index (κ3) is 1.36. The van der Waals surface area contributed by atoms with Gasteiger partial charge in [0.15, 0.2) is 0 Å². The van der Waals surface area contributed by atoms with Crippen molar-refractivity contribution in [3.8, 4) is 0 Å². The van der Waals surface area contributed by atoms with Gasteiger partial charge in [-0.1, -0.05) is 49.0 Å². The minimum absolute atomic E-state index is 0.0740. The van der Waals surface area contributed by atoms with Crippen LogP contribution in [0.2, 0.25) is 0 Å². The van der Waals surface area contributed by atoms with Crippen LogP contribution in [-0.4, -0.2) is 5.78 Å². The lowest BCUT2D eigenvalue weighted by Crippen LogP contribution is -2.42. The first kappa shape index (κ1) is 12.4. The van der Waals surface area contributed by atoms with E-state index < -0.39 is 0 Å². The van der Waals surface area contributed by atoms with Crippen molar-refractivity contribution in [1.29, 1.82) is 0 Å². The second kappa shape index (κ2) is 3.84. The third-order valence-electron chi connectivity index (χ3n) is 6.38. The van der Waals surface area contributed by atoms with Crippen molar-refractivity contribution >= 4 is 5.78 Å². The Bertz CT molecular complexity index is 603. The van der Waals surface area contributed by atoms with E-state index in [1.807, 2.05) is 0 Å². The van der Waals surface area contributed by atoms with Crippen molar-refractivity contribution in [3.05, 3.63) is 47.6 Å². The topological polar surface area (TPSA) is 17.1 Å². The highest BCUT2D eigenvalue weighted by atomic mass is 16.1. The van der Waals surface area contributed by atoms with Gasteiger partial charge in [0.05, 0.1) is 0 Å². The molecule has 0 bridgehead atoms. The van der Waals surface area contributed by atoms with Crippen molar-refractivity contribution in [2.75, 3.05) is 0 Å². The van der Waals surface area contributed by atoms with Gasteiger partial charge >= 0.3 is 0 Å². The standard InChI is InChI=1S/C19H22O/c1-18-11-4-3-5-13(18)6-7-14-15-8-9-17(20)19(15,2)12-10-16(14)18/h3-6,10-11,14-15H,7-9,12H2,1-2H3/t14-,15-,18-,19-/m0/s1. The monoisotopic (exact) mass is 266 g/mol. The van der Waals surface area contributed by atoms with Gasteiger partial charge in [-0.3, -0.25) is 4.79 Å². The molecule has 0 spiro atoms. The number of fused-ring (bicyclic) bond motifs is 5. The summed E-state index contributed by atoms with van der Waals surface area (Å²) in [5.41, 5.74) is 3.01. The molecule has 1 fully saturated rings. The molecule has 20 heavy (non-hydrogen) atoms. The molecular weight excluding hydrogens is 244 g/mol. The van der Waals surface area contributed by atoms with E-state index in [-0.39, 0.29) is 10.8 Å². The molecule has 104 valence electrons. The van der Waals surface area contributed by atoms with E-state index in [2.05, 4.69) is 50.3 Å². The zero-order chi connectivity index (χ0) is 14.0. The van der Waals surface area contributed by atoms with Crippen molar-refractivity contribution in [2.45, 2.75) is 39.5 Å². The van der Waals surface area contributed by atoms with Crippen LogP contribution in [0.25, 0.3) is 0 Å². The van der Waals surface area contributed by atoms with Crippen LogP contribution in [0.15, 0.2) is 47.6 Å². The summed E-state index contributed by atoms with van der Waals surface area (Å²) in [5, 5.41) is 0. The van der Waals surface area contributed by atoms with Crippen LogP contribution in [0, 0.1) is 22.7 Å². The Morgan fingerprint density at radius 3 is 2.90 bits per heavy atom. The molecule has 0 aromatic carbocycles. The number of carbonyl (C=O) groups is 1. The van der Waals surface area contributed by atoms with Crippen LogP contribution < -0.4 is 0 Å². The zero-order valence-electron chi connectivity index (χ0n) is 12.4. The van der Waals surface area contributed by atoms with E-state index >= 15 is 0 Å². The molecule has 0 unspecified atom stereocenters. The summed E-state index contributed by atoms with van der Waals surface area (Å²) in [6.07, 6.45) is 17.7. The molecule has 0 amide bonds. The number of Topliss-reactive ketones (excluding diaryl/α,β-unsaturated/α-hetero) is 1. The minimum Gasteiger partial charge on any atom is -0.299 e. The van der Waals surface area contributed by atoms with E-state index in [4.69, 9.17) is 0 Å². The molecule has 0 saturated heterocycles. The summed E-state index contributed by atoms with van der Waals surface area (Å²) < 4.78 is 0. The maximum Gasteiger partial charge on any atom is 0.139 e. The van der Waals surface area contributed by atoms with Crippen molar-refractivity contribution < 1.29 is 4.79 Å². The molecule has 0 heterocycles. The van der Waals surface area contributed by atoms with Gasteiger partial charge in [0.1, 0.15) is 5.78 Å². The fourth-order valence-electron chi connectivity index (χ4n) is 5.06. The van der Waals surface area contributed by atoms with Crippen LogP contribution in [0.4, 0.5) is 0 Å². The third-order valence-corrected chi connectivity index (χ3v) is 6.38. The average Bonchev–Trinajstić information content (AvgIpc) is 2.74. The number of hydrogen-bond acceptors (Lipinski definition) is 1. The van der Waals surface area contributed by atoms with Gasteiger partial charge in [-0.25, -0.2) is 0 Å². The highest BCUT2D eigenvalue weighted by Crippen LogP contribution is 2.59. The molecule has 0 aromatic rings. The molecule has 0 radical (unpaired) electrons. The molecule has 4 atom stereocenters. The van der Waals surface area contributed by atoms with E-state index in [1.165, 1.54) is 5.57 Å². The first-order valence-corrected chi connectivity index (χ1v) is 7.86. The Labute approximate surface area is 121 Å². The van der Waals surface area contributed by atoms with Gasteiger partial charge in [-0.2, -0.15) is 0 Å². The molecule has 1 heteroatoms. The summed E-state index contributed by atoms with van der Waals surface area (Å²) in [6, 6.07) is 0. The number of rotatable bonds is 0. The molecule has 4 rings (SSSR count). The highest BCUT2D eigenvalue weighted by Gasteiger charge is 2.54. The SMILES string of the molecule is C[C@]12C=CC=CC1=CC[C@@H]1C2=CC[C@]2(C)C(=O)CC[C@@H]12. The largest absolute Gasteiger partial charge is 0.299 e. The van der Waals surface area contributed by atoms with E-state index in [9.17, 15) is 4.79 Å². The van der Waals surface area contributed by atoms with Crippen molar-refractivity contribution in [2.24, 2.45) is 22.7 Å². The predicted octanol–water partition coefficient (Wildman–Crippen LogP) is 4.38. The second-order valence-corrected chi connectivity index (χ2v) is 7.27. The van der Waals surface area contributed by atoms with Crippen LogP contribution in [0.5, 0.6) is 0 Å². The quantitative estimate of drug-likeness (QED) is 0.595. The molecular formula is C19H22O. The Kier molecular flexibility index (Phi) is 2.38. The van der Waals surface area contributed by atoms with Gasteiger partial charge in [0.25, 0.3) is 0 Å². The zero-order valence-corrected chi connectivity index (χ0v) is 12.4. The lowest BCUT2D eigenvalue weighted by molar-refractivity contribution is -0.127. The maximum absolute atomic E-state index is 12.3. The lowest BCUT2D eigenvalue weighted by atomic mass is 9.54. The van der Waals surface area contributed by atoms with Crippen molar-refractivity contribution in [3.63, 3.8) is 0 Å². The van der Waals surface area contributed by atoms with Crippen LogP contribution in [0.1, 0.15) is 39.5 Å². The summed E-state index contributed by atoms with van der Waals surface area (Å²) >= 11 is 0. The molecule has 4 aliphatic carbocycles. The summed E-state index contributed by atoms with van der Waals surface area (Å²) in [6.45, 7) is 4.55. The first-order chi connectivity index (χ1) is 9.56. The van der Waals surface area contributed by atoms with Crippen LogP contribution in [-0.2, 0) is 4.79 Å². The molecule has 0 aliphatic heterocycles. The fourth-order valence-corrected chi connectivity index (χ4v) is 5.06. The van der Waals surface area contributed by atoms with Gasteiger partial charge in [0, 0.05) is 17.3 Å². The van der Waals surface area contributed by atoms with Gasteiger partial charge < -0.3 is 0 Å². The fraction of sp³-hybridized carbons (Fsp3) is 0.526. The Balaban J connectivity index is 1.82. The van der Waals surface area contributed by atoms with E-state index in [0.29, 0.717) is 17.6 Å². The lowest BCUT2D eigenvalue weighted by Gasteiger charge is -2.49. The summed E-state index contributed by atoms with van der Waals surface area (Å²) in [4.78, 5) is 12.3. The minimum atomic E-state index is -0.0793. The van der Waals surface area contributed by atoms with Crippen LogP contribution >= 0.6 is 0 Å². The van der Waals surface area contributed by atoms with Gasteiger partial charge in [-0.15, -0.1) is 0 Å². The Morgan fingerprint density at radius 1 is 1.20 bits per heavy atom. The molecule has 1 nitrogen and oxygen atoms in total. The normalized spacial score (nSPS) is 45.4. The van der Waals surface area contributed by atoms with Crippen LogP contribution in [0.3, 0.4) is 0 Å². The second-order valence-electron chi connectivity index (χ2n) is 7.27. The predicted molar refractivity (Wildman–Crippen MR) is 81.1 cm³/mol. The summed E-state index contributed by atoms with van der Waals surface area (Å²) in [7, 11) is 0.